The molecule has 0 aromatic heterocycles. The lowest BCUT2D eigenvalue weighted by atomic mass is 10.1. The van der Waals surface area contributed by atoms with E-state index in [0.29, 0.717) is 5.75 Å². The minimum Gasteiger partial charge on any atom is -0.404 e. The Labute approximate surface area is 153 Å². The van der Waals surface area contributed by atoms with Gasteiger partial charge in [0.25, 0.3) is 0 Å². The zero-order valence-corrected chi connectivity index (χ0v) is 16.6. The number of unbranched alkanes of at least 4 members (excludes halogenated alkanes) is 11. The van der Waals surface area contributed by atoms with Crippen molar-refractivity contribution in [2.45, 2.75) is 84.0 Å². The fraction of sp³-hybridized carbons (Fsp3) is 0.700. The third-order valence-electron chi connectivity index (χ3n) is 4.22. The van der Waals surface area contributed by atoms with Crippen molar-refractivity contribution in [2.24, 2.45) is 0 Å². The standard InChI is InChI=1S/C20H35O4P/c1-2-3-4-5-6-7-8-9-10-11-12-16-19-23-25(21,22)24-20-17-14-13-15-18-20/h13-15,17-18H,2-12,16,19H2,1H3,(H,21,22). The molecule has 0 amide bonds. The summed E-state index contributed by atoms with van der Waals surface area (Å²) in [6.07, 6.45) is 15.0. The topological polar surface area (TPSA) is 55.8 Å². The average Bonchev–Trinajstić information content (AvgIpc) is 2.59. The van der Waals surface area contributed by atoms with E-state index in [9.17, 15) is 9.46 Å². The number of phosphoric ester groups is 1. The largest absolute Gasteiger partial charge is 0.527 e. The summed E-state index contributed by atoms with van der Waals surface area (Å²) < 4.78 is 21.8. The molecule has 1 N–H and O–H groups in total. The van der Waals surface area contributed by atoms with Gasteiger partial charge < -0.3 is 4.52 Å². The van der Waals surface area contributed by atoms with E-state index in [2.05, 4.69) is 6.92 Å². The van der Waals surface area contributed by atoms with Crippen molar-refractivity contribution in [3.8, 4) is 5.75 Å². The van der Waals surface area contributed by atoms with Crippen LogP contribution in [0.2, 0.25) is 0 Å². The van der Waals surface area contributed by atoms with E-state index < -0.39 is 7.82 Å². The van der Waals surface area contributed by atoms with Crippen LogP contribution in [-0.4, -0.2) is 11.5 Å². The Morgan fingerprint density at radius 2 is 1.28 bits per heavy atom. The molecule has 0 spiro atoms. The quantitative estimate of drug-likeness (QED) is 0.254. The lowest BCUT2D eigenvalue weighted by molar-refractivity contribution is 0.199. The molecule has 1 rings (SSSR count). The number of hydrogen-bond acceptors (Lipinski definition) is 3. The van der Waals surface area contributed by atoms with Crippen LogP contribution in [0.1, 0.15) is 84.0 Å². The summed E-state index contributed by atoms with van der Waals surface area (Å²) in [5.74, 6) is 0.350. The minimum absolute atomic E-state index is 0.262. The Bertz CT molecular complexity index is 464. The van der Waals surface area contributed by atoms with Crippen LogP contribution in [0.3, 0.4) is 0 Å². The molecule has 0 saturated heterocycles. The Morgan fingerprint density at radius 3 is 1.80 bits per heavy atom. The van der Waals surface area contributed by atoms with Crippen molar-refractivity contribution in [1.82, 2.24) is 0 Å². The average molecular weight is 370 g/mol. The fourth-order valence-electron chi connectivity index (χ4n) is 2.76. The number of para-hydroxylation sites is 1. The Kier molecular flexibility index (Phi) is 12.8. The molecule has 0 fully saturated rings. The summed E-state index contributed by atoms with van der Waals surface area (Å²) in [5, 5.41) is 0. The predicted octanol–water partition coefficient (Wildman–Crippen LogP) is 6.88. The van der Waals surface area contributed by atoms with E-state index >= 15 is 0 Å². The highest BCUT2D eigenvalue weighted by Crippen LogP contribution is 2.43. The lowest BCUT2D eigenvalue weighted by Crippen LogP contribution is -1.99. The van der Waals surface area contributed by atoms with Crippen LogP contribution in [0, 0.1) is 0 Å². The monoisotopic (exact) mass is 370 g/mol. The van der Waals surface area contributed by atoms with Crippen molar-refractivity contribution in [3.63, 3.8) is 0 Å². The van der Waals surface area contributed by atoms with E-state index in [4.69, 9.17) is 9.05 Å². The molecule has 1 aromatic rings. The first-order chi connectivity index (χ1) is 12.1. The normalized spacial score (nSPS) is 13.5. The zero-order valence-electron chi connectivity index (χ0n) is 15.7. The molecule has 1 atom stereocenters. The molecule has 0 bridgehead atoms. The van der Waals surface area contributed by atoms with Crippen LogP contribution in [0.15, 0.2) is 30.3 Å². The third kappa shape index (κ3) is 13.1. The minimum atomic E-state index is -4.00. The van der Waals surface area contributed by atoms with Crippen molar-refractivity contribution >= 4 is 7.82 Å². The molecule has 0 radical (unpaired) electrons. The number of rotatable bonds is 16. The maximum atomic E-state index is 11.8. The molecular formula is C20H35O4P. The van der Waals surface area contributed by atoms with Gasteiger partial charge in [-0.25, -0.2) is 4.57 Å². The van der Waals surface area contributed by atoms with Gasteiger partial charge in [-0.2, -0.15) is 0 Å². The van der Waals surface area contributed by atoms with Crippen LogP contribution >= 0.6 is 7.82 Å². The van der Waals surface area contributed by atoms with Crippen molar-refractivity contribution in [1.29, 1.82) is 0 Å². The van der Waals surface area contributed by atoms with Gasteiger partial charge in [-0.05, 0) is 18.6 Å². The predicted molar refractivity (Wildman–Crippen MR) is 104 cm³/mol. The van der Waals surface area contributed by atoms with E-state index in [-0.39, 0.29) is 6.61 Å². The highest BCUT2D eigenvalue weighted by Gasteiger charge is 2.22. The smallest absolute Gasteiger partial charge is 0.404 e. The molecule has 1 unspecified atom stereocenters. The molecule has 0 heterocycles. The van der Waals surface area contributed by atoms with Crippen LogP contribution in [0.25, 0.3) is 0 Å². The second-order valence-electron chi connectivity index (χ2n) is 6.60. The van der Waals surface area contributed by atoms with E-state index in [1.165, 1.54) is 57.8 Å². The summed E-state index contributed by atoms with van der Waals surface area (Å²) in [5.41, 5.74) is 0. The van der Waals surface area contributed by atoms with Gasteiger partial charge in [0.1, 0.15) is 5.75 Å². The molecule has 0 aliphatic heterocycles. The van der Waals surface area contributed by atoms with Gasteiger partial charge in [0, 0.05) is 0 Å². The molecule has 0 aliphatic rings. The first-order valence-corrected chi connectivity index (χ1v) is 11.4. The van der Waals surface area contributed by atoms with Crippen LogP contribution in [0.5, 0.6) is 5.75 Å². The summed E-state index contributed by atoms with van der Waals surface area (Å²) in [7, 11) is -4.00. The molecule has 5 heteroatoms. The van der Waals surface area contributed by atoms with Gasteiger partial charge >= 0.3 is 7.82 Å². The summed E-state index contributed by atoms with van der Waals surface area (Å²) >= 11 is 0. The molecule has 0 saturated carbocycles. The second kappa shape index (κ2) is 14.4. The van der Waals surface area contributed by atoms with Crippen LogP contribution < -0.4 is 4.52 Å². The van der Waals surface area contributed by atoms with E-state index in [1.807, 2.05) is 6.07 Å². The molecule has 0 aliphatic carbocycles. The first-order valence-electron chi connectivity index (χ1n) is 9.86. The number of hydrogen-bond donors (Lipinski definition) is 1. The van der Waals surface area contributed by atoms with Gasteiger partial charge in [0.2, 0.25) is 0 Å². The molecule has 144 valence electrons. The Morgan fingerprint density at radius 1 is 0.800 bits per heavy atom. The van der Waals surface area contributed by atoms with E-state index in [1.54, 1.807) is 24.3 Å². The summed E-state index contributed by atoms with van der Waals surface area (Å²) in [4.78, 5) is 9.66. The van der Waals surface area contributed by atoms with Crippen molar-refractivity contribution in [2.75, 3.05) is 6.61 Å². The van der Waals surface area contributed by atoms with Crippen molar-refractivity contribution in [3.05, 3.63) is 30.3 Å². The third-order valence-corrected chi connectivity index (χ3v) is 5.17. The van der Waals surface area contributed by atoms with Gasteiger partial charge in [0.05, 0.1) is 6.61 Å². The maximum absolute atomic E-state index is 11.8. The number of benzene rings is 1. The highest BCUT2D eigenvalue weighted by molar-refractivity contribution is 7.47. The first kappa shape index (κ1) is 22.2. The maximum Gasteiger partial charge on any atom is 0.527 e. The molecule has 25 heavy (non-hydrogen) atoms. The summed E-state index contributed by atoms with van der Waals surface area (Å²) in [6, 6.07) is 8.59. The van der Waals surface area contributed by atoms with Crippen LogP contribution in [-0.2, 0) is 9.09 Å². The molecule has 4 nitrogen and oxygen atoms in total. The van der Waals surface area contributed by atoms with Crippen LogP contribution in [0.4, 0.5) is 0 Å². The Balaban J connectivity index is 1.90. The number of phosphoric acid groups is 1. The zero-order chi connectivity index (χ0) is 18.2. The van der Waals surface area contributed by atoms with Crippen molar-refractivity contribution < 1.29 is 18.5 Å². The van der Waals surface area contributed by atoms with Gasteiger partial charge in [-0.3, -0.25) is 9.42 Å². The molecular weight excluding hydrogens is 335 g/mol. The Hall–Kier alpha value is -0.830. The van der Waals surface area contributed by atoms with E-state index in [0.717, 1.165) is 19.3 Å². The van der Waals surface area contributed by atoms with Gasteiger partial charge in [-0.1, -0.05) is 95.8 Å². The fourth-order valence-corrected chi connectivity index (χ4v) is 3.56. The second-order valence-corrected chi connectivity index (χ2v) is 7.97. The summed E-state index contributed by atoms with van der Waals surface area (Å²) in [6.45, 7) is 2.51. The molecule has 1 aromatic carbocycles. The lowest BCUT2D eigenvalue weighted by Gasteiger charge is -2.12. The van der Waals surface area contributed by atoms with Gasteiger partial charge in [0.15, 0.2) is 0 Å². The SMILES string of the molecule is CCCCCCCCCCCCCCOP(=O)(O)Oc1ccccc1. The van der Waals surface area contributed by atoms with Gasteiger partial charge in [-0.15, -0.1) is 0 Å². The highest BCUT2D eigenvalue weighted by atomic mass is 31.2.